The van der Waals surface area contributed by atoms with E-state index >= 15 is 0 Å². The van der Waals surface area contributed by atoms with E-state index in [-0.39, 0.29) is 0 Å². The van der Waals surface area contributed by atoms with Gasteiger partial charge in [0.1, 0.15) is 0 Å². The number of nitrogens with zero attached hydrogens (tertiary/aromatic N) is 1. The Morgan fingerprint density at radius 1 is 1.19 bits per heavy atom. The van der Waals surface area contributed by atoms with Crippen LogP contribution < -0.4 is 0 Å². The number of nitriles is 1. The van der Waals surface area contributed by atoms with Crippen LogP contribution >= 0.6 is 0 Å². The van der Waals surface area contributed by atoms with Crippen molar-refractivity contribution in [1.82, 2.24) is 0 Å². The summed E-state index contributed by atoms with van der Waals surface area (Å²) >= 11 is 0. The third-order valence-corrected chi connectivity index (χ3v) is 5.11. The first-order valence-corrected chi connectivity index (χ1v) is 6.67. The van der Waals surface area contributed by atoms with E-state index < -0.39 is 11.0 Å². The predicted octanol–water partition coefficient (Wildman–Crippen LogP) is 3.26. The van der Waals surface area contributed by atoms with Gasteiger partial charge in [0.05, 0.1) is 17.1 Å². The van der Waals surface area contributed by atoms with E-state index in [4.69, 9.17) is 0 Å². The number of hydrogen-bond donors (Lipinski definition) is 1. The molecule has 0 atom stereocenters. The summed E-state index contributed by atoms with van der Waals surface area (Å²) in [7, 11) is 0. The lowest BCUT2D eigenvalue weighted by Crippen LogP contribution is -2.53. The Bertz CT molecular complexity index is 290. The van der Waals surface area contributed by atoms with Gasteiger partial charge < -0.3 is 5.11 Å². The highest BCUT2D eigenvalue weighted by Crippen LogP contribution is 2.55. The Morgan fingerprint density at radius 3 is 2.06 bits per heavy atom. The SMILES string of the molecule is CC(C)C1CCC(O)(C2(C#N)CCC2)CC1. The van der Waals surface area contributed by atoms with Crippen LogP contribution in [0.1, 0.15) is 58.8 Å². The minimum Gasteiger partial charge on any atom is -0.388 e. The fraction of sp³-hybridized carbons (Fsp3) is 0.929. The Balaban J connectivity index is 2.04. The van der Waals surface area contributed by atoms with Crippen LogP contribution in [-0.2, 0) is 0 Å². The molecule has 2 heteroatoms. The van der Waals surface area contributed by atoms with Crippen molar-refractivity contribution in [3.05, 3.63) is 0 Å². The topological polar surface area (TPSA) is 44.0 Å². The third kappa shape index (κ3) is 1.66. The number of rotatable bonds is 2. The van der Waals surface area contributed by atoms with Crippen molar-refractivity contribution in [3.8, 4) is 6.07 Å². The summed E-state index contributed by atoms with van der Waals surface area (Å²) in [5.41, 5.74) is -1.07. The van der Waals surface area contributed by atoms with Crippen molar-refractivity contribution in [2.75, 3.05) is 0 Å². The molecule has 0 aliphatic heterocycles. The van der Waals surface area contributed by atoms with Gasteiger partial charge in [0.2, 0.25) is 0 Å². The molecule has 1 N–H and O–H groups in total. The smallest absolute Gasteiger partial charge is 0.0860 e. The van der Waals surface area contributed by atoms with Crippen molar-refractivity contribution in [2.24, 2.45) is 17.3 Å². The molecule has 0 aromatic carbocycles. The molecule has 2 saturated carbocycles. The molecule has 0 spiro atoms. The largest absolute Gasteiger partial charge is 0.388 e. The monoisotopic (exact) mass is 221 g/mol. The lowest BCUT2D eigenvalue weighted by Gasteiger charge is -2.51. The number of hydrogen-bond acceptors (Lipinski definition) is 2. The molecule has 2 rings (SSSR count). The van der Waals surface area contributed by atoms with Gasteiger partial charge in [-0.05, 0) is 50.4 Å². The quantitative estimate of drug-likeness (QED) is 0.777. The van der Waals surface area contributed by atoms with Crippen molar-refractivity contribution < 1.29 is 5.11 Å². The summed E-state index contributed by atoms with van der Waals surface area (Å²) < 4.78 is 0. The first-order valence-electron chi connectivity index (χ1n) is 6.67. The van der Waals surface area contributed by atoms with Gasteiger partial charge in [-0.1, -0.05) is 20.3 Å². The number of aliphatic hydroxyl groups is 1. The van der Waals surface area contributed by atoms with Crippen molar-refractivity contribution in [2.45, 2.75) is 64.4 Å². The zero-order valence-electron chi connectivity index (χ0n) is 10.5. The van der Waals surface area contributed by atoms with Crippen molar-refractivity contribution in [1.29, 1.82) is 5.26 Å². The van der Waals surface area contributed by atoms with E-state index in [2.05, 4.69) is 19.9 Å². The fourth-order valence-corrected chi connectivity index (χ4v) is 3.47. The highest BCUT2D eigenvalue weighted by atomic mass is 16.3. The molecule has 0 unspecified atom stereocenters. The summed E-state index contributed by atoms with van der Waals surface area (Å²) in [4.78, 5) is 0. The van der Waals surface area contributed by atoms with Crippen LogP contribution in [-0.4, -0.2) is 10.7 Å². The molecule has 2 nitrogen and oxygen atoms in total. The minimum atomic E-state index is -0.675. The van der Waals surface area contributed by atoms with E-state index in [0.29, 0.717) is 5.92 Å². The summed E-state index contributed by atoms with van der Waals surface area (Å²) in [6, 6.07) is 2.42. The molecule has 0 heterocycles. The summed E-state index contributed by atoms with van der Waals surface area (Å²) in [5, 5.41) is 20.0. The van der Waals surface area contributed by atoms with Gasteiger partial charge in [0, 0.05) is 0 Å². The van der Waals surface area contributed by atoms with Gasteiger partial charge in [-0.3, -0.25) is 0 Å². The second kappa shape index (κ2) is 4.04. The van der Waals surface area contributed by atoms with E-state index in [9.17, 15) is 10.4 Å². The van der Waals surface area contributed by atoms with Crippen LogP contribution in [0.3, 0.4) is 0 Å². The van der Waals surface area contributed by atoms with Crippen LogP contribution in [0.5, 0.6) is 0 Å². The van der Waals surface area contributed by atoms with E-state index in [0.717, 1.165) is 50.9 Å². The molecule has 0 amide bonds. The lowest BCUT2D eigenvalue weighted by molar-refractivity contribution is -0.125. The second-order valence-electron chi connectivity index (χ2n) is 6.16. The average Bonchev–Trinajstić information content (AvgIpc) is 2.17. The molecule has 2 aliphatic rings. The summed E-state index contributed by atoms with van der Waals surface area (Å²) in [5.74, 6) is 1.46. The van der Waals surface area contributed by atoms with Crippen LogP contribution in [0.25, 0.3) is 0 Å². The normalized spacial score (nSPS) is 37.8. The van der Waals surface area contributed by atoms with Gasteiger partial charge in [-0.15, -0.1) is 0 Å². The fourth-order valence-electron chi connectivity index (χ4n) is 3.47. The molecule has 90 valence electrons. The molecule has 0 saturated heterocycles. The zero-order valence-corrected chi connectivity index (χ0v) is 10.5. The maximum atomic E-state index is 10.7. The van der Waals surface area contributed by atoms with Gasteiger partial charge in [0.25, 0.3) is 0 Å². The highest BCUT2D eigenvalue weighted by Gasteiger charge is 2.55. The van der Waals surface area contributed by atoms with Crippen LogP contribution in [0, 0.1) is 28.6 Å². The standard InChI is InChI=1S/C14H23NO/c1-11(2)12-4-8-14(16,9-5-12)13(10-15)6-3-7-13/h11-12,16H,3-9H2,1-2H3. The van der Waals surface area contributed by atoms with Crippen molar-refractivity contribution in [3.63, 3.8) is 0 Å². The Morgan fingerprint density at radius 2 is 1.75 bits per heavy atom. The predicted molar refractivity (Wildman–Crippen MR) is 63.6 cm³/mol. The molecule has 0 aromatic heterocycles. The van der Waals surface area contributed by atoms with Crippen LogP contribution in [0.2, 0.25) is 0 Å². The van der Waals surface area contributed by atoms with Gasteiger partial charge >= 0.3 is 0 Å². The second-order valence-corrected chi connectivity index (χ2v) is 6.16. The first kappa shape index (κ1) is 11.9. The molecular formula is C14H23NO. The van der Waals surface area contributed by atoms with E-state index in [1.54, 1.807) is 0 Å². The lowest BCUT2D eigenvalue weighted by atomic mass is 9.54. The summed E-state index contributed by atoms with van der Waals surface area (Å²) in [6.45, 7) is 4.52. The maximum absolute atomic E-state index is 10.7. The van der Waals surface area contributed by atoms with E-state index in [1.807, 2.05) is 0 Å². The average molecular weight is 221 g/mol. The van der Waals surface area contributed by atoms with E-state index in [1.165, 1.54) is 0 Å². The van der Waals surface area contributed by atoms with Gasteiger partial charge in [-0.2, -0.15) is 5.26 Å². The molecule has 0 bridgehead atoms. The Labute approximate surface area is 98.7 Å². The third-order valence-electron chi connectivity index (χ3n) is 5.11. The molecule has 0 radical (unpaired) electrons. The summed E-state index contributed by atoms with van der Waals surface area (Å²) in [6.07, 6.45) is 6.80. The maximum Gasteiger partial charge on any atom is 0.0860 e. The Hall–Kier alpha value is -0.550. The Kier molecular flexibility index (Phi) is 3.01. The van der Waals surface area contributed by atoms with Crippen molar-refractivity contribution >= 4 is 0 Å². The molecular weight excluding hydrogens is 198 g/mol. The molecule has 2 aliphatic carbocycles. The van der Waals surface area contributed by atoms with Crippen LogP contribution in [0.15, 0.2) is 0 Å². The zero-order chi connectivity index (χ0) is 11.8. The minimum absolute atomic E-state index is 0.394. The first-order chi connectivity index (χ1) is 7.53. The van der Waals surface area contributed by atoms with Gasteiger partial charge in [-0.25, -0.2) is 0 Å². The highest BCUT2D eigenvalue weighted by molar-refractivity contribution is 5.16. The molecule has 0 aromatic rings. The van der Waals surface area contributed by atoms with Gasteiger partial charge in [0.15, 0.2) is 0 Å². The molecule has 2 fully saturated rings. The van der Waals surface area contributed by atoms with Crippen LogP contribution in [0.4, 0.5) is 0 Å². The molecule has 16 heavy (non-hydrogen) atoms.